The van der Waals surface area contributed by atoms with Gasteiger partial charge in [0.15, 0.2) is 5.01 Å². The van der Waals surface area contributed by atoms with Crippen LogP contribution < -0.4 is 10.3 Å². The topological polar surface area (TPSA) is 97.1 Å². The summed E-state index contributed by atoms with van der Waals surface area (Å²) in [4.78, 5) is 19.9. The molecule has 9 nitrogen and oxygen atoms in total. The van der Waals surface area contributed by atoms with Gasteiger partial charge in [0.25, 0.3) is 5.56 Å². The van der Waals surface area contributed by atoms with E-state index in [4.69, 9.17) is 4.74 Å². The predicted octanol–water partition coefficient (Wildman–Crippen LogP) is 1.68. The molecule has 0 bridgehead atoms. The summed E-state index contributed by atoms with van der Waals surface area (Å²) >= 11 is 1.33. The van der Waals surface area contributed by atoms with Gasteiger partial charge in [0.2, 0.25) is 15.0 Å². The summed E-state index contributed by atoms with van der Waals surface area (Å²) < 4.78 is 32.8. The molecule has 3 aromatic rings. The molecule has 31 heavy (non-hydrogen) atoms. The molecule has 1 fully saturated rings. The molecule has 2 aromatic heterocycles. The highest BCUT2D eigenvalue weighted by molar-refractivity contribution is 7.89. The van der Waals surface area contributed by atoms with Crippen LogP contribution in [-0.2, 0) is 16.6 Å². The van der Waals surface area contributed by atoms with Crippen molar-refractivity contribution in [1.82, 2.24) is 23.8 Å². The Bertz CT molecular complexity index is 1230. The van der Waals surface area contributed by atoms with E-state index in [2.05, 4.69) is 15.0 Å². The zero-order valence-electron chi connectivity index (χ0n) is 17.5. The molecule has 0 radical (unpaired) electrons. The highest BCUT2D eigenvalue weighted by Gasteiger charge is 2.26. The van der Waals surface area contributed by atoms with Gasteiger partial charge in [0.1, 0.15) is 5.75 Å². The normalized spacial score (nSPS) is 16.1. The van der Waals surface area contributed by atoms with Gasteiger partial charge >= 0.3 is 0 Å². The number of hydrogen-bond acceptors (Lipinski definition) is 8. The van der Waals surface area contributed by atoms with Gasteiger partial charge in [-0.1, -0.05) is 30.4 Å². The van der Waals surface area contributed by atoms with Gasteiger partial charge in [-0.2, -0.15) is 13.9 Å². The fraction of sp³-hybridized carbons (Fsp3) is 0.450. The smallest absolute Gasteiger partial charge is 0.275 e. The van der Waals surface area contributed by atoms with Gasteiger partial charge < -0.3 is 4.74 Å². The molecule has 1 saturated heterocycles. The molecule has 1 aliphatic heterocycles. The molecule has 0 atom stereocenters. The van der Waals surface area contributed by atoms with Crippen molar-refractivity contribution in [2.75, 3.05) is 39.0 Å². The third kappa shape index (κ3) is 4.64. The Balaban J connectivity index is 1.52. The minimum absolute atomic E-state index is 0.182. The van der Waals surface area contributed by atoms with E-state index in [9.17, 15) is 13.2 Å². The maximum Gasteiger partial charge on any atom is 0.275 e. The fourth-order valence-electron chi connectivity index (χ4n) is 3.65. The van der Waals surface area contributed by atoms with Gasteiger partial charge in [0, 0.05) is 38.8 Å². The number of ether oxygens (including phenoxy) is 1. The third-order valence-corrected chi connectivity index (χ3v) is 8.23. The van der Waals surface area contributed by atoms with Crippen molar-refractivity contribution in [3.8, 4) is 16.3 Å². The largest absolute Gasteiger partial charge is 0.496 e. The molecular weight excluding hydrogens is 438 g/mol. The van der Waals surface area contributed by atoms with Crippen LogP contribution in [0, 0.1) is 0 Å². The Morgan fingerprint density at radius 2 is 1.90 bits per heavy atom. The summed E-state index contributed by atoms with van der Waals surface area (Å²) in [5, 5.41) is 5.09. The van der Waals surface area contributed by atoms with E-state index in [-0.39, 0.29) is 11.3 Å². The first-order valence-electron chi connectivity index (χ1n) is 10.1. The first-order valence-corrected chi connectivity index (χ1v) is 12.6. The minimum atomic E-state index is -3.17. The Hall–Kier alpha value is -2.34. The third-order valence-electron chi connectivity index (χ3n) is 5.21. The lowest BCUT2D eigenvalue weighted by atomic mass is 10.2. The van der Waals surface area contributed by atoms with E-state index >= 15 is 0 Å². The van der Waals surface area contributed by atoms with Crippen LogP contribution >= 0.6 is 11.3 Å². The summed E-state index contributed by atoms with van der Waals surface area (Å²) in [6.45, 7) is 4.50. The number of aromatic nitrogens is 3. The van der Waals surface area contributed by atoms with Crippen LogP contribution in [0.1, 0.15) is 19.0 Å². The van der Waals surface area contributed by atoms with Gasteiger partial charge in [-0.3, -0.25) is 9.69 Å². The Morgan fingerprint density at radius 3 is 2.61 bits per heavy atom. The Labute approximate surface area is 184 Å². The summed E-state index contributed by atoms with van der Waals surface area (Å²) in [6.07, 6.45) is 0.613. The fourth-order valence-corrected chi connectivity index (χ4v) is 6.10. The Morgan fingerprint density at radius 1 is 1.16 bits per heavy atom. The molecule has 0 amide bonds. The lowest BCUT2D eigenvalue weighted by molar-refractivity contribution is 0.180. The maximum absolute atomic E-state index is 12.6. The highest BCUT2D eigenvalue weighted by Crippen LogP contribution is 2.32. The van der Waals surface area contributed by atoms with Gasteiger partial charge in [-0.15, -0.1) is 0 Å². The first kappa shape index (κ1) is 21.9. The summed E-state index contributed by atoms with van der Waals surface area (Å²) in [5.74, 6) is 0.868. The number of para-hydroxylation sites is 1. The number of piperazine rings is 1. The van der Waals surface area contributed by atoms with Crippen molar-refractivity contribution < 1.29 is 13.2 Å². The van der Waals surface area contributed by atoms with Crippen LogP contribution in [0.25, 0.3) is 15.5 Å². The molecule has 0 aliphatic carbocycles. The number of rotatable bonds is 7. The van der Waals surface area contributed by atoms with Gasteiger partial charge in [-0.25, -0.2) is 13.4 Å². The maximum atomic E-state index is 12.6. The second kappa shape index (κ2) is 9.03. The minimum Gasteiger partial charge on any atom is -0.496 e. The quantitative estimate of drug-likeness (QED) is 0.526. The molecule has 1 aliphatic rings. The van der Waals surface area contributed by atoms with Crippen LogP contribution in [0.4, 0.5) is 0 Å². The lowest BCUT2D eigenvalue weighted by Gasteiger charge is -2.33. The molecule has 3 heterocycles. The van der Waals surface area contributed by atoms with E-state index in [1.807, 2.05) is 31.2 Å². The van der Waals surface area contributed by atoms with Crippen molar-refractivity contribution in [1.29, 1.82) is 0 Å². The number of fused-ring (bicyclic) bond motifs is 1. The molecule has 11 heteroatoms. The number of methoxy groups -OCH3 is 1. The number of nitrogens with zero attached hydrogens (tertiary/aromatic N) is 5. The number of benzene rings is 1. The monoisotopic (exact) mass is 463 g/mol. The standard InChI is InChI=1S/C20H25N5O4S2/c1-3-12-31(27,28)24-10-8-23(9-11-24)14-15-13-18(26)25-20(21-15)30-19(22-25)16-6-4-5-7-17(16)29-2/h4-7,13H,3,8-12,14H2,1-2H3. The van der Waals surface area contributed by atoms with E-state index in [0.717, 1.165) is 5.56 Å². The molecule has 0 spiro atoms. The molecule has 0 N–H and O–H groups in total. The average Bonchev–Trinajstić information content (AvgIpc) is 3.19. The lowest BCUT2D eigenvalue weighted by Crippen LogP contribution is -2.48. The van der Waals surface area contributed by atoms with Crippen molar-refractivity contribution in [2.24, 2.45) is 0 Å². The summed E-state index contributed by atoms with van der Waals surface area (Å²) in [5.41, 5.74) is 1.23. The molecule has 1 aromatic carbocycles. The summed E-state index contributed by atoms with van der Waals surface area (Å²) in [7, 11) is -1.57. The molecule has 0 unspecified atom stereocenters. The van der Waals surface area contributed by atoms with Gasteiger partial charge in [-0.05, 0) is 18.6 Å². The van der Waals surface area contributed by atoms with E-state index in [0.29, 0.717) is 60.6 Å². The van der Waals surface area contributed by atoms with Gasteiger partial charge in [0.05, 0.1) is 24.1 Å². The molecular formula is C20H25N5O4S2. The first-order chi connectivity index (χ1) is 14.9. The average molecular weight is 464 g/mol. The predicted molar refractivity (Wildman–Crippen MR) is 120 cm³/mol. The molecule has 166 valence electrons. The van der Waals surface area contributed by atoms with Crippen LogP contribution in [0.5, 0.6) is 5.75 Å². The Kier molecular flexibility index (Phi) is 6.37. The van der Waals surface area contributed by atoms with Crippen molar-refractivity contribution >= 4 is 26.3 Å². The number of hydrogen-bond donors (Lipinski definition) is 0. The zero-order valence-corrected chi connectivity index (χ0v) is 19.2. The van der Waals surface area contributed by atoms with Crippen molar-refractivity contribution in [3.05, 3.63) is 46.4 Å². The molecule has 4 rings (SSSR count). The molecule has 0 saturated carbocycles. The second-order valence-corrected chi connectivity index (χ2v) is 10.4. The van der Waals surface area contributed by atoms with E-state index < -0.39 is 10.0 Å². The van der Waals surface area contributed by atoms with Crippen LogP contribution in [-0.4, -0.2) is 71.3 Å². The zero-order chi connectivity index (χ0) is 22.0. The summed E-state index contributed by atoms with van der Waals surface area (Å²) in [6, 6.07) is 9.02. The number of sulfonamides is 1. The van der Waals surface area contributed by atoms with Crippen LogP contribution in [0.3, 0.4) is 0 Å². The SMILES string of the molecule is CCCS(=O)(=O)N1CCN(Cc2cc(=O)n3nc(-c4ccccc4OC)sc3n2)CC1. The van der Waals surface area contributed by atoms with Crippen molar-refractivity contribution in [2.45, 2.75) is 19.9 Å². The van der Waals surface area contributed by atoms with E-state index in [1.165, 1.54) is 21.9 Å². The van der Waals surface area contributed by atoms with E-state index in [1.54, 1.807) is 11.4 Å². The van der Waals surface area contributed by atoms with Crippen molar-refractivity contribution in [3.63, 3.8) is 0 Å². The highest BCUT2D eigenvalue weighted by atomic mass is 32.2. The second-order valence-electron chi connectivity index (χ2n) is 7.38. The van der Waals surface area contributed by atoms with Crippen LogP contribution in [0.2, 0.25) is 0 Å². The van der Waals surface area contributed by atoms with Crippen LogP contribution in [0.15, 0.2) is 35.1 Å².